The molecule has 186 valence electrons. The van der Waals surface area contributed by atoms with Gasteiger partial charge in [0.1, 0.15) is 17.3 Å². The van der Waals surface area contributed by atoms with E-state index in [9.17, 15) is 14.7 Å². The number of hydrogen-bond donors (Lipinski definition) is 1. The molecule has 6 nitrogen and oxygen atoms in total. The zero-order chi connectivity index (χ0) is 26.0. The number of hydrogen-bond acceptors (Lipinski definition) is 5. The minimum Gasteiger partial charge on any atom is -0.507 e. The topological polar surface area (TPSA) is 79.7 Å². The fourth-order valence-electron chi connectivity index (χ4n) is 4.37. The SMILES string of the molecule is CCCOc1ccc(/C(O)=C2\C(=O)C(=O)N(c3ccccn3)C2c2ccc(C(C)(C)C)cc2)cc1C. The normalized spacial score (nSPS) is 17.5. The maximum absolute atomic E-state index is 13.3. The van der Waals surface area contributed by atoms with Gasteiger partial charge in [-0.3, -0.25) is 14.5 Å². The van der Waals surface area contributed by atoms with Gasteiger partial charge in [-0.2, -0.15) is 0 Å². The first-order valence-electron chi connectivity index (χ1n) is 12.2. The molecule has 1 aromatic heterocycles. The number of ether oxygens (including phenoxy) is 1. The largest absolute Gasteiger partial charge is 0.507 e. The van der Waals surface area contributed by atoms with Gasteiger partial charge in [0.25, 0.3) is 5.78 Å². The van der Waals surface area contributed by atoms with Crippen LogP contribution in [-0.4, -0.2) is 28.4 Å². The Labute approximate surface area is 212 Å². The van der Waals surface area contributed by atoms with Crippen molar-refractivity contribution in [3.63, 3.8) is 0 Å². The summed E-state index contributed by atoms with van der Waals surface area (Å²) in [6.45, 7) is 10.9. The molecular weight excluding hydrogens is 452 g/mol. The molecule has 2 aromatic carbocycles. The molecule has 1 saturated heterocycles. The summed E-state index contributed by atoms with van der Waals surface area (Å²) in [5.41, 5.74) is 3.11. The van der Waals surface area contributed by atoms with Crippen molar-refractivity contribution in [1.29, 1.82) is 0 Å². The summed E-state index contributed by atoms with van der Waals surface area (Å²) in [4.78, 5) is 32.3. The number of carbonyl (C=O) groups is 2. The highest BCUT2D eigenvalue weighted by molar-refractivity contribution is 6.51. The van der Waals surface area contributed by atoms with Crippen LogP contribution >= 0.6 is 0 Å². The second-order valence-electron chi connectivity index (χ2n) is 10.1. The van der Waals surface area contributed by atoms with E-state index < -0.39 is 17.7 Å². The average molecular weight is 485 g/mol. The van der Waals surface area contributed by atoms with Crippen LogP contribution in [0.3, 0.4) is 0 Å². The molecule has 4 rings (SSSR count). The van der Waals surface area contributed by atoms with Crippen LogP contribution in [0.2, 0.25) is 0 Å². The number of benzene rings is 2. The molecule has 0 saturated carbocycles. The minimum atomic E-state index is -0.815. The van der Waals surface area contributed by atoms with Crippen LogP contribution in [0.1, 0.15) is 62.4 Å². The number of aliphatic hydroxyl groups excluding tert-OH is 1. The van der Waals surface area contributed by atoms with Crippen molar-refractivity contribution < 1.29 is 19.4 Å². The van der Waals surface area contributed by atoms with Crippen molar-refractivity contribution in [3.8, 4) is 5.75 Å². The Morgan fingerprint density at radius 2 is 1.78 bits per heavy atom. The van der Waals surface area contributed by atoms with Gasteiger partial charge in [0.15, 0.2) is 0 Å². The van der Waals surface area contributed by atoms with E-state index in [1.165, 1.54) is 4.90 Å². The van der Waals surface area contributed by atoms with Gasteiger partial charge in [-0.05, 0) is 65.8 Å². The van der Waals surface area contributed by atoms with Gasteiger partial charge in [0, 0.05) is 11.8 Å². The number of ketones is 1. The summed E-state index contributed by atoms with van der Waals surface area (Å²) in [5.74, 6) is -0.617. The highest BCUT2D eigenvalue weighted by atomic mass is 16.5. The van der Waals surface area contributed by atoms with Crippen molar-refractivity contribution in [2.75, 3.05) is 11.5 Å². The molecule has 1 fully saturated rings. The summed E-state index contributed by atoms with van der Waals surface area (Å²) in [5, 5.41) is 11.4. The Bertz CT molecular complexity index is 1310. The first-order chi connectivity index (χ1) is 17.1. The Morgan fingerprint density at radius 3 is 2.36 bits per heavy atom. The maximum Gasteiger partial charge on any atom is 0.301 e. The zero-order valence-corrected chi connectivity index (χ0v) is 21.4. The number of aryl methyl sites for hydroxylation is 1. The van der Waals surface area contributed by atoms with Gasteiger partial charge in [-0.25, -0.2) is 4.98 Å². The molecule has 1 N–H and O–H groups in total. The maximum atomic E-state index is 13.3. The predicted octanol–water partition coefficient (Wildman–Crippen LogP) is 6.10. The van der Waals surface area contributed by atoms with E-state index in [2.05, 4.69) is 25.8 Å². The average Bonchev–Trinajstić information content (AvgIpc) is 3.13. The van der Waals surface area contributed by atoms with Crippen molar-refractivity contribution in [2.45, 2.75) is 52.5 Å². The van der Waals surface area contributed by atoms with Crippen LogP contribution < -0.4 is 9.64 Å². The van der Waals surface area contributed by atoms with Crippen LogP contribution in [-0.2, 0) is 15.0 Å². The van der Waals surface area contributed by atoms with Crippen LogP contribution in [0.25, 0.3) is 5.76 Å². The summed E-state index contributed by atoms with van der Waals surface area (Å²) in [7, 11) is 0. The zero-order valence-electron chi connectivity index (χ0n) is 21.4. The molecule has 3 aromatic rings. The van der Waals surface area contributed by atoms with E-state index in [0.717, 1.165) is 23.3 Å². The summed E-state index contributed by atoms with van der Waals surface area (Å²) < 4.78 is 5.75. The van der Waals surface area contributed by atoms with Gasteiger partial charge < -0.3 is 9.84 Å². The number of aromatic nitrogens is 1. The Hall–Kier alpha value is -3.93. The van der Waals surface area contributed by atoms with E-state index in [0.29, 0.717) is 23.6 Å². The van der Waals surface area contributed by atoms with E-state index in [-0.39, 0.29) is 16.7 Å². The summed E-state index contributed by atoms with van der Waals surface area (Å²) in [6.07, 6.45) is 2.46. The fourth-order valence-corrected chi connectivity index (χ4v) is 4.37. The standard InChI is InChI=1S/C30H32N2O4/c1-6-17-36-23-15-12-21(18-19(23)2)27(33)25-26(20-10-13-22(14-11-20)30(3,4)5)32(29(35)28(25)34)24-9-7-8-16-31-24/h7-16,18,26,33H,6,17H2,1-5H3/b27-25+. The molecule has 1 aliphatic heterocycles. The molecule has 1 atom stereocenters. The summed E-state index contributed by atoms with van der Waals surface area (Å²) >= 11 is 0. The minimum absolute atomic E-state index is 0.0378. The van der Waals surface area contributed by atoms with Crippen LogP contribution in [0.15, 0.2) is 72.4 Å². The highest BCUT2D eigenvalue weighted by Crippen LogP contribution is 2.42. The van der Waals surface area contributed by atoms with Gasteiger partial charge in [0.2, 0.25) is 0 Å². The number of pyridine rings is 1. The van der Waals surface area contributed by atoms with Gasteiger partial charge in [-0.15, -0.1) is 0 Å². The first-order valence-corrected chi connectivity index (χ1v) is 12.2. The molecule has 1 unspecified atom stereocenters. The lowest BCUT2D eigenvalue weighted by Crippen LogP contribution is -2.30. The number of aliphatic hydroxyl groups is 1. The van der Waals surface area contributed by atoms with E-state index in [1.807, 2.05) is 38.1 Å². The molecule has 0 radical (unpaired) electrons. The van der Waals surface area contributed by atoms with Gasteiger partial charge in [0.05, 0.1) is 18.2 Å². The van der Waals surface area contributed by atoms with Crippen molar-refractivity contribution >= 4 is 23.3 Å². The monoisotopic (exact) mass is 484 g/mol. The smallest absolute Gasteiger partial charge is 0.301 e. The molecule has 36 heavy (non-hydrogen) atoms. The lowest BCUT2D eigenvalue weighted by atomic mass is 9.85. The third-order valence-electron chi connectivity index (χ3n) is 6.34. The predicted molar refractivity (Wildman–Crippen MR) is 141 cm³/mol. The molecule has 6 heteroatoms. The Balaban J connectivity index is 1.87. The molecule has 0 spiro atoms. The number of anilines is 1. The van der Waals surface area contributed by atoms with Gasteiger partial charge >= 0.3 is 5.91 Å². The molecule has 0 aliphatic carbocycles. The fraction of sp³-hybridized carbons (Fsp3) is 0.300. The van der Waals surface area contributed by atoms with Crippen molar-refractivity contribution in [1.82, 2.24) is 4.98 Å². The molecule has 1 aliphatic rings. The van der Waals surface area contributed by atoms with Crippen LogP contribution in [0.5, 0.6) is 5.75 Å². The number of nitrogens with zero attached hydrogens (tertiary/aromatic N) is 2. The number of carbonyl (C=O) groups excluding carboxylic acids is 2. The number of Topliss-reactive ketones (excluding diaryl/α,β-unsaturated/α-hetero) is 1. The van der Waals surface area contributed by atoms with E-state index in [4.69, 9.17) is 4.74 Å². The Morgan fingerprint density at radius 1 is 1.06 bits per heavy atom. The number of amides is 1. The summed E-state index contributed by atoms with van der Waals surface area (Å²) in [6, 6.07) is 17.5. The molecule has 2 heterocycles. The Kier molecular flexibility index (Phi) is 6.97. The lowest BCUT2D eigenvalue weighted by Gasteiger charge is -2.26. The third kappa shape index (κ3) is 4.76. The van der Waals surface area contributed by atoms with Crippen LogP contribution in [0.4, 0.5) is 5.82 Å². The second kappa shape index (κ2) is 9.97. The third-order valence-corrected chi connectivity index (χ3v) is 6.34. The van der Waals surface area contributed by atoms with E-state index in [1.54, 1.807) is 42.6 Å². The lowest BCUT2D eigenvalue weighted by molar-refractivity contribution is -0.132. The molecule has 0 bridgehead atoms. The molecule has 1 amide bonds. The van der Waals surface area contributed by atoms with Crippen molar-refractivity contribution in [2.24, 2.45) is 0 Å². The van der Waals surface area contributed by atoms with Crippen LogP contribution in [0, 0.1) is 6.92 Å². The van der Waals surface area contributed by atoms with Gasteiger partial charge in [-0.1, -0.05) is 58.0 Å². The first kappa shape index (κ1) is 25.2. The number of rotatable bonds is 6. The second-order valence-corrected chi connectivity index (χ2v) is 10.1. The highest BCUT2D eigenvalue weighted by Gasteiger charge is 2.47. The van der Waals surface area contributed by atoms with E-state index >= 15 is 0 Å². The van der Waals surface area contributed by atoms with Crippen molar-refractivity contribution in [3.05, 3.63) is 94.7 Å². The molecular formula is C30H32N2O4. The quantitative estimate of drug-likeness (QED) is 0.260.